The van der Waals surface area contributed by atoms with E-state index in [-0.39, 0.29) is 0 Å². The van der Waals surface area contributed by atoms with Gasteiger partial charge in [-0.05, 0) is 19.6 Å². The maximum atomic E-state index is 9.40. The Morgan fingerprint density at radius 1 is 1.43 bits per heavy atom. The normalized spacial score (nSPS) is 13.2. The van der Waals surface area contributed by atoms with Crippen LogP contribution in [0.3, 0.4) is 0 Å². The summed E-state index contributed by atoms with van der Waals surface area (Å²) in [6.45, 7) is 9.23. The second-order valence-electron chi connectivity index (χ2n) is 5.01. The van der Waals surface area contributed by atoms with Crippen molar-refractivity contribution in [2.45, 2.75) is 38.1 Å². The highest BCUT2D eigenvalue weighted by Crippen LogP contribution is 2.39. The molecule has 110 valence electrons. The van der Waals surface area contributed by atoms with Crippen molar-refractivity contribution in [1.29, 1.82) is 5.26 Å². The summed E-state index contributed by atoms with van der Waals surface area (Å²) in [4.78, 5) is 11.1. The van der Waals surface area contributed by atoms with E-state index in [9.17, 15) is 5.26 Å². The van der Waals surface area contributed by atoms with Gasteiger partial charge in [0.15, 0.2) is 0 Å². The molecule has 1 aromatic rings. The average molecular weight is 300 g/mol. The molecule has 1 aromatic heterocycles. The van der Waals surface area contributed by atoms with Crippen LogP contribution in [0.25, 0.3) is 5.70 Å². The minimum atomic E-state index is 0.550. The number of fused-ring (bicyclic) bond motifs is 1. The monoisotopic (exact) mass is 300 g/mol. The number of thioether (sulfide) groups is 1. The minimum Gasteiger partial charge on any atom is -0.332 e. The highest BCUT2D eigenvalue weighted by molar-refractivity contribution is 7.98. The third-order valence-electron chi connectivity index (χ3n) is 3.59. The fourth-order valence-corrected chi connectivity index (χ4v) is 3.03. The topological polar surface area (TPSA) is 52.3 Å². The molecule has 0 N–H and O–H groups in total. The van der Waals surface area contributed by atoms with Gasteiger partial charge in [-0.2, -0.15) is 5.26 Å². The number of aryl methyl sites for hydroxylation is 1. The molecule has 0 saturated carbocycles. The predicted molar refractivity (Wildman–Crippen MR) is 88.9 cm³/mol. The van der Waals surface area contributed by atoms with Crippen LogP contribution in [0.15, 0.2) is 16.6 Å². The van der Waals surface area contributed by atoms with Gasteiger partial charge in [-0.25, -0.2) is 9.98 Å². The molecule has 0 atom stereocenters. The van der Waals surface area contributed by atoms with Crippen LogP contribution in [0, 0.1) is 18.3 Å². The molecule has 0 unspecified atom stereocenters. The molecule has 4 nitrogen and oxygen atoms in total. The molecule has 0 radical (unpaired) electrons. The maximum Gasteiger partial charge on any atom is 0.116 e. The van der Waals surface area contributed by atoms with Gasteiger partial charge >= 0.3 is 0 Å². The Labute approximate surface area is 130 Å². The molecule has 0 aromatic carbocycles. The van der Waals surface area contributed by atoms with Gasteiger partial charge in [-0.1, -0.05) is 26.3 Å². The van der Waals surface area contributed by atoms with Crippen LogP contribution in [-0.2, 0) is 0 Å². The lowest BCUT2D eigenvalue weighted by Gasteiger charge is -2.28. The van der Waals surface area contributed by atoms with E-state index in [0.29, 0.717) is 11.3 Å². The zero-order valence-electron chi connectivity index (χ0n) is 12.8. The van der Waals surface area contributed by atoms with Crippen molar-refractivity contribution < 1.29 is 0 Å². The number of nitrogens with zero attached hydrogens (tertiary/aromatic N) is 4. The molecular weight excluding hydrogens is 280 g/mol. The van der Waals surface area contributed by atoms with Crippen molar-refractivity contribution in [3.63, 3.8) is 0 Å². The number of rotatable bonds is 5. The summed E-state index contributed by atoms with van der Waals surface area (Å²) in [6.07, 6.45) is 7.20. The zero-order valence-corrected chi connectivity index (χ0v) is 13.6. The van der Waals surface area contributed by atoms with Gasteiger partial charge in [-0.15, -0.1) is 11.8 Å². The van der Waals surface area contributed by atoms with Crippen LogP contribution < -0.4 is 0 Å². The predicted octanol–water partition coefficient (Wildman–Crippen LogP) is 4.12. The first-order chi connectivity index (χ1) is 10.1. The highest BCUT2D eigenvalue weighted by atomic mass is 32.2. The molecule has 0 saturated heterocycles. The van der Waals surface area contributed by atoms with Crippen molar-refractivity contribution >= 4 is 29.5 Å². The van der Waals surface area contributed by atoms with E-state index in [2.05, 4.69) is 34.4 Å². The fraction of sp³-hybridized carbons (Fsp3) is 0.438. The molecule has 0 aliphatic carbocycles. The van der Waals surface area contributed by atoms with Gasteiger partial charge in [0, 0.05) is 17.8 Å². The summed E-state index contributed by atoms with van der Waals surface area (Å²) < 4.78 is 0. The van der Waals surface area contributed by atoms with E-state index < -0.39 is 0 Å². The van der Waals surface area contributed by atoms with Crippen LogP contribution in [0.5, 0.6) is 0 Å². The molecule has 1 aliphatic rings. The number of unbranched alkanes of at least 4 members (excludes halogenated alkanes) is 2. The Bertz CT molecular complexity index is 628. The smallest absolute Gasteiger partial charge is 0.116 e. The van der Waals surface area contributed by atoms with Crippen molar-refractivity contribution in [3.05, 3.63) is 23.4 Å². The van der Waals surface area contributed by atoms with Crippen LogP contribution >= 0.6 is 11.8 Å². The first kappa shape index (κ1) is 15.6. The number of hydrogen-bond acceptors (Lipinski definition) is 5. The Morgan fingerprint density at radius 2 is 2.19 bits per heavy atom. The molecule has 0 spiro atoms. The fourth-order valence-electron chi connectivity index (χ4n) is 2.45. The second-order valence-corrected chi connectivity index (χ2v) is 5.80. The van der Waals surface area contributed by atoms with E-state index in [1.165, 1.54) is 24.6 Å². The molecule has 5 heteroatoms. The lowest BCUT2D eigenvalue weighted by Crippen LogP contribution is -2.24. The van der Waals surface area contributed by atoms with Crippen molar-refractivity contribution in [2.24, 2.45) is 4.99 Å². The van der Waals surface area contributed by atoms with Crippen molar-refractivity contribution in [2.75, 3.05) is 12.8 Å². The van der Waals surface area contributed by atoms with Gasteiger partial charge in [0.2, 0.25) is 0 Å². The van der Waals surface area contributed by atoms with E-state index in [4.69, 9.17) is 0 Å². The van der Waals surface area contributed by atoms with E-state index in [1.54, 1.807) is 6.34 Å². The Hall–Kier alpha value is -1.80. The van der Waals surface area contributed by atoms with Crippen LogP contribution in [-0.4, -0.2) is 29.0 Å². The van der Waals surface area contributed by atoms with Crippen LogP contribution in [0.2, 0.25) is 0 Å². The third kappa shape index (κ3) is 2.96. The Kier molecular flexibility index (Phi) is 5.03. The SMILES string of the molecule is C=C1c2c(C)nc(SC)c(C#N)c2N=CN1CCCCC. The quantitative estimate of drug-likeness (QED) is 0.606. The summed E-state index contributed by atoms with van der Waals surface area (Å²) in [5, 5.41) is 10.1. The summed E-state index contributed by atoms with van der Waals surface area (Å²) in [7, 11) is 0. The largest absolute Gasteiger partial charge is 0.332 e. The second kappa shape index (κ2) is 6.77. The molecule has 0 fully saturated rings. The Balaban J connectivity index is 2.41. The third-order valence-corrected chi connectivity index (χ3v) is 4.27. The summed E-state index contributed by atoms with van der Waals surface area (Å²) >= 11 is 1.48. The van der Waals surface area contributed by atoms with Gasteiger partial charge in [0.1, 0.15) is 16.7 Å². The highest BCUT2D eigenvalue weighted by Gasteiger charge is 2.24. The molecule has 0 bridgehead atoms. The van der Waals surface area contributed by atoms with E-state index >= 15 is 0 Å². The lowest BCUT2D eigenvalue weighted by atomic mass is 10.0. The molecular formula is C16H20N4S. The van der Waals surface area contributed by atoms with Gasteiger partial charge in [0.25, 0.3) is 0 Å². The zero-order chi connectivity index (χ0) is 15.4. The first-order valence-electron chi connectivity index (χ1n) is 7.12. The van der Waals surface area contributed by atoms with E-state index in [0.717, 1.165) is 34.9 Å². The van der Waals surface area contributed by atoms with Gasteiger partial charge < -0.3 is 4.90 Å². The van der Waals surface area contributed by atoms with Crippen LogP contribution in [0.1, 0.15) is 43.0 Å². The standard InChI is InChI=1S/C16H20N4S/c1-5-6-7-8-20-10-18-15-13(9-17)16(21-4)19-11(2)14(15)12(20)3/h10H,3,5-8H2,1-2,4H3. The average Bonchev–Trinajstić information content (AvgIpc) is 2.49. The molecule has 21 heavy (non-hydrogen) atoms. The van der Waals surface area contributed by atoms with Crippen molar-refractivity contribution in [1.82, 2.24) is 9.88 Å². The van der Waals surface area contributed by atoms with Gasteiger partial charge in [0.05, 0.1) is 17.7 Å². The van der Waals surface area contributed by atoms with Crippen molar-refractivity contribution in [3.8, 4) is 6.07 Å². The van der Waals surface area contributed by atoms with E-state index in [1.807, 2.05) is 13.2 Å². The van der Waals surface area contributed by atoms with Gasteiger partial charge in [-0.3, -0.25) is 0 Å². The number of aliphatic imine (C=N–C) groups is 1. The summed E-state index contributed by atoms with van der Waals surface area (Å²) in [5.74, 6) is 0. The number of pyridine rings is 1. The number of hydrogen-bond donors (Lipinski definition) is 0. The molecule has 1 aliphatic heterocycles. The summed E-state index contributed by atoms with van der Waals surface area (Å²) in [5.41, 5.74) is 3.95. The summed E-state index contributed by atoms with van der Waals surface area (Å²) in [6, 6.07) is 2.23. The maximum absolute atomic E-state index is 9.40. The minimum absolute atomic E-state index is 0.550. The number of aromatic nitrogens is 1. The lowest BCUT2D eigenvalue weighted by molar-refractivity contribution is 0.542. The van der Waals surface area contributed by atoms with Crippen LogP contribution in [0.4, 0.5) is 5.69 Å². The Morgan fingerprint density at radius 3 is 2.81 bits per heavy atom. The number of nitriles is 1. The molecule has 2 heterocycles. The molecule has 0 amide bonds. The first-order valence-corrected chi connectivity index (χ1v) is 8.35. The molecule has 2 rings (SSSR count).